The summed E-state index contributed by atoms with van der Waals surface area (Å²) in [5.74, 6) is -0.780. The predicted octanol–water partition coefficient (Wildman–Crippen LogP) is 1.27. The second-order valence-corrected chi connectivity index (χ2v) is 5.06. The number of fused-ring (bicyclic) bond motifs is 1. The summed E-state index contributed by atoms with van der Waals surface area (Å²) in [4.78, 5) is 33.7. The molecule has 1 heterocycles. The van der Waals surface area contributed by atoms with Crippen LogP contribution in [-0.4, -0.2) is 21.9 Å². The molecule has 0 saturated heterocycles. The summed E-state index contributed by atoms with van der Waals surface area (Å²) in [6.45, 7) is 4.15. The number of amides is 1. The Morgan fingerprint density at radius 2 is 2.19 bits per heavy atom. The number of nitrogens with zero attached hydrogens (tertiary/aromatic N) is 2. The van der Waals surface area contributed by atoms with Crippen molar-refractivity contribution in [3.05, 3.63) is 38.9 Å². The van der Waals surface area contributed by atoms with Crippen molar-refractivity contribution in [2.24, 2.45) is 5.92 Å². The van der Waals surface area contributed by atoms with Crippen molar-refractivity contribution in [3.63, 3.8) is 0 Å². The monoisotopic (exact) mass is 293 g/mol. The van der Waals surface area contributed by atoms with Crippen LogP contribution in [0.25, 0.3) is 11.1 Å². The molecule has 2 rings (SSSR count). The summed E-state index contributed by atoms with van der Waals surface area (Å²) in [5.41, 5.74) is 0.274. The lowest BCUT2D eigenvalue weighted by Crippen LogP contribution is -2.33. The Morgan fingerprint density at radius 1 is 1.48 bits per heavy atom. The Morgan fingerprint density at radius 3 is 2.81 bits per heavy atom. The molecular formula is C13H15N3O5. The first kappa shape index (κ1) is 14.8. The van der Waals surface area contributed by atoms with E-state index in [0.29, 0.717) is 6.54 Å². The Hall–Kier alpha value is -2.64. The molecule has 0 aliphatic carbocycles. The van der Waals surface area contributed by atoms with Crippen molar-refractivity contribution >= 4 is 22.7 Å². The third-order valence-corrected chi connectivity index (χ3v) is 2.87. The highest BCUT2D eigenvalue weighted by molar-refractivity contribution is 5.80. The number of oxazole rings is 1. The first-order valence-electron chi connectivity index (χ1n) is 6.43. The van der Waals surface area contributed by atoms with Crippen molar-refractivity contribution in [1.29, 1.82) is 0 Å². The molecule has 21 heavy (non-hydrogen) atoms. The van der Waals surface area contributed by atoms with Gasteiger partial charge in [-0.2, -0.15) is 0 Å². The molecule has 0 fully saturated rings. The van der Waals surface area contributed by atoms with Crippen LogP contribution in [0.15, 0.2) is 27.4 Å². The van der Waals surface area contributed by atoms with E-state index in [-0.39, 0.29) is 35.2 Å². The second kappa shape index (κ2) is 5.78. The molecule has 1 N–H and O–H groups in total. The topological polar surface area (TPSA) is 107 Å². The number of rotatable bonds is 5. The van der Waals surface area contributed by atoms with Gasteiger partial charge in [0.15, 0.2) is 5.58 Å². The van der Waals surface area contributed by atoms with Gasteiger partial charge in [0.2, 0.25) is 5.91 Å². The minimum absolute atomic E-state index is 0.167. The van der Waals surface area contributed by atoms with Crippen LogP contribution in [0.2, 0.25) is 0 Å². The number of non-ortho nitro benzene ring substituents is 1. The fraction of sp³-hybridized carbons (Fsp3) is 0.385. The molecule has 8 heteroatoms. The molecule has 1 aromatic carbocycles. The summed E-state index contributed by atoms with van der Waals surface area (Å²) in [5, 5.41) is 13.4. The zero-order chi connectivity index (χ0) is 15.6. The highest BCUT2D eigenvalue weighted by atomic mass is 16.6. The minimum atomic E-state index is -0.717. The lowest BCUT2D eigenvalue weighted by molar-refractivity contribution is -0.384. The third-order valence-electron chi connectivity index (χ3n) is 2.87. The molecule has 1 aromatic heterocycles. The average molecular weight is 293 g/mol. The molecule has 1 amide bonds. The van der Waals surface area contributed by atoms with Gasteiger partial charge in [-0.1, -0.05) is 13.8 Å². The van der Waals surface area contributed by atoms with E-state index in [9.17, 15) is 19.7 Å². The van der Waals surface area contributed by atoms with E-state index in [2.05, 4.69) is 5.32 Å². The van der Waals surface area contributed by atoms with Crippen LogP contribution in [-0.2, 0) is 11.3 Å². The Bertz CT molecular complexity index is 744. The van der Waals surface area contributed by atoms with Crippen LogP contribution in [0.4, 0.5) is 5.69 Å². The first-order chi connectivity index (χ1) is 9.88. The largest absolute Gasteiger partial charge is 0.420 e. The normalized spacial score (nSPS) is 11.0. The highest BCUT2D eigenvalue weighted by Gasteiger charge is 2.16. The van der Waals surface area contributed by atoms with Crippen LogP contribution in [0.5, 0.6) is 0 Å². The number of carbonyl (C=O) groups excluding carboxylic acids is 1. The zero-order valence-corrected chi connectivity index (χ0v) is 11.7. The van der Waals surface area contributed by atoms with E-state index in [1.807, 2.05) is 13.8 Å². The maximum absolute atomic E-state index is 11.8. The third kappa shape index (κ3) is 3.28. The molecule has 0 aliphatic rings. The fourth-order valence-corrected chi connectivity index (χ4v) is 1.83. The van der Waals surface area contributed by atoms with Gasteiger partial charge in [0.05, 0.1) is 10.4 Å². The summed E-state index contributed by atoms with van der Waals surface area (Å²) in [6.07, 6.45) is 0. The van der Waals surface area contributed by atoms with Crippen molar-refractivity contribution in [1.82, 2.24) is 9.88 Å². The van der Waals surface area contributed by atoms with Crippen molar-refractivity contribution in [2.45, 2.75) is 20.4 Å². The molecule has 8 nitrogen and oxygen atoms in total. The average Bonchev–Trinajstić information content (AvgIpc) is 2.72. The molecule has 0 aliphatic heterocycles. The van der Waals surface area contributed by atoms with Crippen LogP contribution in [0, 0.1) is 16.0 Å². The Balaban J connectivity index is 2.32. The molecule has 0 unspecified atom stereocenters. The second-order valence-electron chi connectivity index (χ2n) is 5.06. The van der Waals surface area contributed by atoms with Gasteiger partial charge >= 0.3 is 5.76 Å². The van der Waals surface area contributed by atoms with Gasteiger partial charge in [0.25, 0.3) is 5.69 Å². The zero-order valence-electron chi connectivity index (χ0n) is 11.7. The maximum Gasteiger partial charge on any atom is 0.420 e. The van der Waals surface area contributed by atoms with Crippen LogP contribution < -0.4 is 11.1 Å². The number of nitrogens with one attached hydrogen (secondary N) is 1. The number of benzene rings is 1. The van der Waals surface area contributed by atoms with Crippen molar-refractivity contribution in [3.8, 4) is 0 Å². The van der Waals surface area contributed by atoms with Crippen molar-refractivity contribution < 1.29 is 14.1 Å². The number of nitro groups is 1. The van der Waals surface area contributed by atoms with Crippen LogP contribution in [0.3, 0.4) is 0 Å². The van der Waals surface area contributed by atoms with Crippen LogP contribution in [0.1, 0.15) is 13.8 Å². The van der Waals surface area contributed by atoms with Crippen LogP contribution >= 0.6 is 0 Å². The lowest BCUT2D eigenvalue weighted by atomic mass is 10.2. The number of hydrogen-bond acceptors (Lipinski definition) is 5. The van der Waals surface area contributed by atoms with Gasteiger partial charge in [-0.3, -0.25) is 19.5 Å². The summed E-state index contributed by atoms with van der Waals surface area (Å²) >= 11 is 0. The van der Waals surface area contributed by atoms with E-state index < -0.39 is 10.7 Å². The van der Waals surface area contributed by atoms with E-state index in [1.54, 1.807) is 0 Å². The van der Waals surface area contributed by atoms with Gasteiger partial charge in [-0.15, -0.1) is 0 Å². The van der Waals surface area contributed by atoms with E-state index in [4.69, 9.17) is 4.42 Å². The summed E-state index contributed by atoms with van der Waals surface area (Å²) in [6, 6.07) is 3.81. The SMILES string of the molecule is CC(C)CNC(=O)Cn1c(=O)oc2ccc([N+](=O)[O-])cc21. The molecule has 0 atom stereocenters. The molecule has 0 saturated carbocycles. The highest BCUT2D eigenvalue weighted by Crippen LogP contribution is 2.19. The van der Waals surface area contributed by atoms with Crippen molar-refractivity contribution in [2.75, 3.05) is 6.54 Å². The lowest BCUT2D eigenvalue weighted by Gasteiger charge is -2.07. The van der Waals surface area contributed by atoms with Gasteiger partial charge in [-0.05, 0) is 12.0 Å². The quantitative estimate of drug-likeness (QED) is 0.660. The minimum Gasteiger partial charge on any atom is -0.408 e. The number of nitro benzene ring substituents is 1. The van der Waals surface area contributed by atoms with E-state index >= 15 is 0 Å². The number of aromatic nitrogens is 1. The first-order valence-corrected chi connectivity index (χ1v) is 6.43. The Labute approximate surface area is 119 Å². The molecular weight excluding hydrogens is 278 g/mol. The number of hydrogen-bond donors (Lipinski definition) is 1. The fourth-order valence-electron chi connectivity index (χ4n) is 1.83. The molecule has 0 radical (unpaired) electrons. The smallest absolute Gasteiger partial charge is 0.408 e. The Kier molecular flexibility index (Phi) is 4.06. The van der Waals surface area contributed by atoms with Gasteiger partial charge in [-0.25, -0.2) is 4.79 Å². The summed E-state index contributed by atoms with van der Waals surface area (Å²) < 4.78 is 6.05. The molecule has 112 valence electrons. The molecule has 0 spiro atoms. The van der Waals surface area contributed by atoms with Gasteiger partial charge in [0.1, 0.15) is 6.54 Å². The maximum atomic E-state index is 11.8. The standard InChI is InChI=1S/C13H15N3O5/c1-8(2)6-14-12(17)7-15-10-5-9(16(19)20)3-4-11(10)21-13(15)18/h3-5,8H,6-7H2,1-2H3,(H,14,17). The van der Waals surface area contributed by atoms with Gasteiger partial charge in [0, 0.05) is 18.7 Å². The number of carbonyl (C=O) groups is 1. The molecule has 2 aromatic rings. The molecule has 0 bridgehead atoms. The summed E-state index contributed by atoms with van der Waals surface area (Å²) in [7, 11) is 0. The van der Waals surface area contributed by atoms with Gasteiger partial charge < -0.3 is 9.73 Å². The predicted molar refractivity (Wildman–Crippen MR) is 75.0 cm³/mol. The van der Waals surface area contributed by atoms with E-state index in [0.717, 1.165) is 4.57 Å². The van der Waals surface area contributed by atoms with E-state index in [1.165, 1.54) is 18.2 Å².